The van der Waals surface area contributed by atoms with E-state index in [2.05, 4.69) is 14.7 Å². The van der Waals surface area contributed by atoms with Crippen molar-refractivity contribution in [3.63, 3.8) is 0 Å². The molecular formula is C15H22ClN5O4S. The van der Waals surface area contributed by atoms with E-state index in [1.54, 1.807) is 0 Å². The number of aromatic nitrogens is 3. The Morgan fingerprint density at radius 3 is 2.73 bits per heavy atom. The summed E-state index contributed by atoms with van der Waals surface area (Å²) in [7, 11) is -2.39. The van der Waals surface area contributed by atoms with Crippen molar-refractivity contribution < 1.29 is 8.42 Å². The Balaban J connectivity index is 0.00000243. The maximum atomic E-state index is 12.7. The van der Waals surface area contributed by atoms with Crippen molar-refractivity contribution >= 4 is 33.5 Å². The van der Waals surface area contributed by atoms with E-state index in [4.69, 9.17) is 5.73 Å². The van der Waals surface area contributed by atoms with Gasteiger partial charge in [0.05, 0.1) is 5.39 Å². The maximum absolute atomic E-state index is 12.7. The smallest absolute Gasteiger partial charge is 0.329 e. The van der Waals surface area contributed by atoms with Crippen LogP contribution in [-0.4, -0.2) is 35.5 Å². The third-order valence-corrected chi connectivity index (χ3v) is 6.21. The highest BCUT2D eigenvalue weighted by molar-refractivity contribution is 7.89. The van der Waals surface area contributed by atoms with Crippen molar-refractivity contribution in [2.75, 3.05) is 6.54 Å². The van der Waals surface area contributed by atoms with Gasteiger partial charge in [0.25, 0.3) is 5.56 Å². The zero-order valence-electron chi connectivity index (χ0n) is 14.3. The largest absolute Gasteiger partial charge is 0.330 e. The molecule has 1 fully saturated rings. The van der Waals surface area contributed by atoms with Crippen molar-refractivity contribution in [3.05, 3.63) is 33.1 Å². The second-order valence-electron chi connectivity index (χ2n) is 6.37. The van der Waals surface area contributed by atoms with Crippen molar-refractivity contribution in [1.29, 1.82) is 0 Å². The van der Waals surface area contributed by atoms with Crippen LogP contribution in [0.1, 0.15) is 25.7 Å². The van der Waals surface area contributed by atoms with Gasteiger partial charge in [0.15, 0.2) is 0 Å². The summed E-state index contributed by atoms with van der Waals surface area (Å²) in [5.41, 5.74) is 4.61. The second kappa shape index (κ2) is 7.87. The van der Waals surface area contributed by atoms with Gasteiger partial charge in [0, 0.05) is 19.3 Å². The highest BCUT2D eigenvalue weighted by Gasteiger charge is 2.29. The average molecular weight is 404 g/mol. The van der Waals surface area contributed by atoms with Crippen molar-refractivity contribution in [3.8, 4) is 0 Å². The molecular weight excluding hydrogens is 382 g/mol. The quantitative estimate of drug-likeness (QED) is 0.647. The van der Waals surface area contributed by atoms with Gasteiger partial charge in [-0.2, -0.15) is 0 Å². The minimum atomic E-state index is -3.84. The Morgan fingerprint density at radius 2 is 2.04 bits per heavy atom. The molecule has 11 heteroatoms. The van der Waals surface area contributed by atoms with E-state index < -0.39 is 21.3 Å². The highest BCUT2D eigenvalue weighted by Crippen LogP contribution is 2.25. The van der Waals surface area contributed by atoms with Gasteiger partial charge in [-0.25, -0.2) is 22.9 Å². The third-order valence-electron chi connectivity index (χ3n) is 4.76. The number of nitrogens with one attached hydrogen (secondary N) is 2. The molecule has 3 rings (SSSR count). The van der Waals surface area contributed by atoms with Crippen LogP contribution >= 0.6 is 12.4 Å². The molecule has 1 aliphatic carbocycles. The van der Waals surface area contributed by atoms with Crippen molar-refractivity contribution in [1.82, 2.24) is 19.3 Å². The fourth-order valence-electron chi connectivity index (χ4n) is 3.28. The molecule has 4 N–H and O–H groups in total. The van der Waals surface area contributed by atoms with Crippen LogP contribution in [0.4, 0.5) is 0 Å². The number of halogens is 1. The summed E-state index contributed by atoms with van der Waals surface area (Å²) in [6.07, 6.45) is 4.77. The topological polar surface area (TPSA) is 140 Å². The Hall–Kier alpha value is -1.75. The summed E-state index contributed by atoms with van der Waals surface area (Å²) < 4.78 is 29.2. The van der Waals surface area contributed by atoms with Gasteiger partial charge < -0.3 is 5.73 Å². The van der Waals surface area contributed by atoms with E-state index in [0.29, 0.717) is 6.54 Å². The molecule has 9 nitrogen and oxygen atoms in total. The molecule has 2 heterocycles. The molecule has 144 valence electrons. The first kappa shape index (κ1) is 20.6. The minimum absolute atomic E-state index is 0. The molecule has 0 aromatic carbocycles. The Labute approximate surface area is 156 Å². The van der Waals surface area contributed by atoms with Gasteiger partial charge in [-0.3, -0.25) is 14.3 Å². The summed E-state index contributed by atoms with van der Waals surface area (Å²) in [6, 6.07) is 1.02. The Morgan fingerprint density at radius 1 is 1.35 bits per heavy atom. The van der Waals surface area contributed by atoms with Gasteiger partial charge in [0.2, 0.25) is 10.0 Å². The zero-order valence-corrected chi connectivity index (χ0v) is 15.9. The van der Waals surface area contributed by atoms with Crippen LogP contribution in [0.2, 0.25) is 0 Å². The predicted molar refractivity (Wildman–Crippen MR) is 100.0 cm³/mol. The highest BCUT2D eigenvalue weighted by atomic mass is 35.5. The molecule has 0 saturated heterocycles. The lowest BCUT2D eigenvalue weighted by molar-refractivity contribution is 0.296. The van der Waals surface area contributed by atoms with E-state index in [1.165, 1.54) is 13.1 Å². The number of aryl methyl sites for hydroxylation is 1. The van der Waals surface area contributed by atoms with E-state index in [-0.39, 0.29) is 40.3 Å². The van der Waals surface area contributed by atoms with Gasteiger partial charge >= 0.3 is 5.69 Å². The number of aromatic amines is 1. The molecule has 0 radical (unpaired) electrons. The van der Waals surface area contributed by atoms with Crippen LogP contribution in [0.5, 0.6) is 0 Å². The van der Waals surface area contributed by atoms with E-state index in [9.17, 15) is 18.0 Å². The molecule has 1 aliphatic rings. The number of sulfonamides is 1. The Kier molecular flexibility index (Phi) is 6.22. The minimum Gasteiger partial charge on any atom is -0.330 e. The summed E-state index contributed by atoms with van der Waals surface area (Å²) >= 11 is 0. The van der Waals surface area contributed by atoms with Gasteiger partial charge in [0.1, 0.15) is 10.5 Å². The molecule has 2 aromatic heterocycles. The SMILES string of the molecule is Cl.Cn1c(=O)[nH]c(=O)c2cc(S(=O)(=O)NC3CCCCC3CN)cnc21. The Bertz CT molecular complexity index is 1020. The number of rotatable bonds is 4. The molecule has 0 amide bonds. The molecule has 26 heavy (non-hydrogen) atoms. The molecule has 2 aromatic rings. The monoisotopic (exact) mass is 403 g/mol. The number of fused-ring (bicyclic) bond motifs is 1. The molecule has 1 saturated carbocycles. The fourth-order valence-corrected chi connectivity index (χ4v) is 4.59. The van der Waals surface area contributed by atoms with E-state index in [1.807, 2.05) is 0 Å². The second-order valence-corrected chi connectivity index (χ2v) is 8.08. The first-order valence-electron chi connectivity index (χ1n) is 8.15. The summed E-state index contributed by atoms with van der Waals surface area (Å²) in [5.74, 6) is 0.0983. The lowest BCUT2D eigenvalue weighted by Crippen LogP contribution is -2.44. The summed E-state index contributed by atoms with van der Waals surface area (Å²) in [4.78, 5) is 29.6. The van der Waals surface area contributed by atoms with Crippen molar-refractivity contribution in [2.45, 2.75) is 36.6 Å². The van der Waals surface area contributed by atoms with Gasteiger partial charge in [-0.15, -0.1) is 12.4 Å². The summed E-state index contributed by atoms with van der Waals surface area (Å²) in [6.45, 7) is 0.422. The summed E-state index contributed by atoms with van der Waals surface area (Å²) in [5, 5.41) is 0.0454. The standard InChI is InChI=1S/C15H21N5O4S.ClH/c1-20-13-11(14(21)18-15(20)22)6-10(8-17-13)25(23,24)19-12-5-3-2-4-9(12)7-16;/h6,8-9,12,19H,2-5,7,16H2,1H3,(H,18,21,22);1H. The van der Waals surface area contributed by atoms with Crippen molar-refractivity contribution in [2.24, 2.45) is 18.7 Å². The lowest BCUT2D eigenvalue weighted by atomic mass is 9.85. The van der Waals surface area contributed by atoms with Crippen LogP contribution in [0, 0.1) is 5.92 Å². The van der Waals surface area contributed by atoms with Gasteiger partial charge in [-0.1, -0.05) is 12.8 Å². The third kappa shape index (κ3) is 3.83. The molecule has 0 spiro atoms. The average Bonchev–Trinajstić information content (AvgIpc) is 2.59. The predicted octanol–water partition coefficient (Wildman–Crippen LogP) is -0.161. The van der Waals surface area contributed by atoms with Crippen LogP contribution in [-0.2, 0) is 17.1 Å². The fraction of sp³-hybridized carbons (Fsp3) is 0.533. The molecule has 2 atom stereocenters. The number of hydrogen-bond acceptors (Lipinski definition) is 6. The van der Waals surface area contributed by atoms with E-state index in [0.717, 1.165) is 36.4 Å². The number of pyridine rings is 1. The number of nitrogens with zero attached hydrogens (tertiary/aromatic N) is 2. The van der Waals surface area contributed by atoms with Crippen LogP contribution in [0.25, 0.3) is 11.0 Å². The van der Waals surface area contributed by atoms with Crippen LogP contribution in [0.3, 0.4) is 0 Å². The lowest BCUT2D eigenvalue weighted by Gasteiger charge is -2.31. The van der Waals surface area contributed by atoms with Crippen LogP contribution in [0.15, 0.2) is 26.7 Å². The molecule has 0 aliphatic heterocycles. The zero-order chi connectivity index (χ0) is 18.2. The number of nitrogens with two attached hydrogens (primary N) is 1. The normalized spacial score (nSPS) is 20.7. The number of H-pyrrole nitrogens is 1. The van der Waals surface area contributed by atoms with Crippen LogP contribution < -0.4 is 21.7 Å². The maximum Gasteiger partial charge on any atom is 0.329 e. The molecule has 0 bridgehead atoms. The number of hydrogen-bond donors (Lipinski definition) is 3. The first-order chi connectivity index (χ1) is 11.8. The van der Waals surface area contributed by atoms with Gasteiger partial charge in [-0.05, 0) is 31.4 Å². The molecule has 2 unspecified atom stereocenters. The first-order valence-corrected chi connectivity index (χ1v) is 9.63. The van der Waals surface area contributed by atoms with E-state index >= 15 is 0 Å².